The van der Waals surface area contributed by atoms with Crippen LogP contribution in [0.4, 0.5) is 4.39 Å². The fourth-order valence-corrected chi connectivity index (χ4v) is 2.68. The fourth-order valence-electron chi connectivity index (χ4n) is 2.68. The summed E-state index contributed by atoms with van der Waals surface area (Å²) in [7, 11) is 0. The van der Waals surface area contributed by atoms with Gasteiger partial charge in [0.2, 0.25) is 5.90 Å². The molecule has 3 aromatic rings. The van der Waals surface area contributed by atoms with Gasteiger partial charge in [0, 0.05) is 5.56 Å². The van der Waals surface area contributed by atoms with Gasteiger partial charge < -0.3 is 9.47 Å². The van der Waals surface area contributed by atoms with Crippen LogP contribution in [0.1, 0.15) is 16.7 Å². The smallest absolute Gasteiger partial charge is 0.363 e. The van der Waals surface area contributed by atoms with Gasteiger partial charge in [0.1, 0.15) is 18.2 Å². The summed E-state index contributed by atoms with van der Waals surface area (Å²) in [6.45, 7) is 0.345. The second-order valence-electron chi connectivity index (χ2n) is 6.19. The van der Waals surface area contributed by atoms with Gasteiger partial charge in [-0.15, -0.1) is 0 Å². The van der Waals surface area contributed by atoms with Crippen molar-refractivity contribution in [3.63, 3.8) is 0 Å². The third-order valence-electron chi connectivity index (χ3n) is 4.14. The molecule has 3 aromatic carbocycles. The Morgan fingerprint density at radius 1 is 0.929 bits per heavy atom. The highest BCUT2D eigenvalue weighted by Crippen LogP contribution is 2.21. The maximum absolute atomic E-state index is 12.9. The largest absolute Gasteiger partial charge is 0.489 e. The van der Waals surface area contributed by atoms with Crippen LogP contribution < -0.4 is 4.74 Å². The van der Waals surface area contributed by atoms with Crippen molar-refractivity contribution in [1.29, 1.82) is 0 Å². The van der Waals surface area contributed by atoms with Gasteiger partial charge in [0.05, 0.1) is 0 Å². The van der Waals surface area contributed by atoms with E-state index in [0.717, 1.165) is 16.7 Å². The Hall–Kier alpha value is -3.73. The molecule has 0 bridgehead atoms. The SMILES string of the molecule is O=C1OC(c2ccccc2)=NC1=Cc1ccc(OCc2ccc(F)cc2)cc1. The minimum absolute atomic E-state index is 0.249. The lowest BCUT2D eigenvalue weighted by Gasteiger charge is -2.06. The molecule has 0 fully saturated rings. The summed E-state index contributed by atoms with van der Waals surface area (Å²) in [4.78, 5) is 16.3. The first-order valence-corrected chi connectivity index (χ1v) is 8.73. The third kappa shape index (κ3) is 4.15. The van der Waals surface area contributed by atoms with Gasteiger partial charge in [-0.05, 0) is 53.6 Å². The predicted octanol–water partition coefficient (Wildman–Crippen LogP) is 4.75. The second-order valence-corrected chi connectivity index (χ2v) is 6.19. The first-order chi connectivity index (χ1) is 13.7. The number of esters is 1. The van der Waals surface area contributed by atoms with Crippen LogP contribution in [0.25, 0.3) is 6.08 Å². The zero-order valence-electron chi connectivity index (χ0n) is 14.8. The number of carbonyl (C=O) groups is 1. The lowest BCUT2D eigenvalue weighted by Crippen LogP contribution is -2.04. The predicted molar refractivity (Wildman–Crippen MR) is 104 cm³/mol. The van der Waals surface area contributed by atoms with Gasteiger partial charge in [-0.2, -0.15) is 0 Å². The minimum atomic E-state index is -0.476. The molecule has 4 nitrogen and oxygen atoms in total. The molecular weight excluding hydrogens is 357 g/mol. The highest BCUT2D eigenvalue weighted by Gasteiger charge is 2.23. The van der Waals surface area contributed by atoms with Crippen LogP contribution in [-0.2, 0) is 16.1 Å². The molecule has 0 unspecified atom stereocenters. The molecule has 28 heavy (non-hydrogen) atoms. The van der Waals surface area contributed by atoms with E-state index in [2.05, 4.69) is 4.99 Å². The van der Waals surface area contributed by atoms with E-state index >= 15 is 0 Å². The number of hydrogen-bond donors (Lipinski definition) is 0. The third-order valence-corrected chi connectivity index (χ3v) is 4.14. The van der Waals surface area contributed by atoms with Crippen molar-refractivity contribution >= 4 is 17.9 Å². The average molecular weight is 373 g/mol. The first kappa shape index (κ1) is 17.7. The number of carbonyl (C=O) groups excluding carboxylic acids is 1. The van der Waals surface area contributed by atoms with Crippen molar-refractivity contribution in [3.05, 3.63) is 107 Å². The van der Waals surface area contributed by atoms with Crippen LogP contribution in [0, 0.1) is 5.82 Å². The molecular formula is C23H16FNO3. The topological polar surface area (TPSA) is 47.9 Å². The molecule has 138 valence electrons. The summed E-state index contributed by atoms with van der Waals surface area (Å²) in [5.41, 5.74) is 2.69. The second kappa shape index (κ2) is 7.88. The van der Waals surface area contributed by atoms with Crippen molar-refractivity contribution in [3.8, 4) is 5.75 Å². The summed E-state index contributed by atoms with van der Waals surface area (Å²) in [5, 5.41) is 0. The van der Waals surface area contributed by atoms with Crippen LogP contribution in [-0.4, -0.2) is 11.9 Å². The number of rotatable bonds is 5. The van der Waals surface area contributed by atoms with E-state index in [0.29, 0.717) is 18.3 Å². The average Bonchev–Trinajstić information content (AvgIpc) is 3.10. The monoisotopic (exact) mass is 373 g/mol. The van der Waals surface area contributed by atoms with E-state index < -0.39 is 5.97 Å². The van der Waals surface area contributed by atoms with E-state index in [-0.39, 0.29) is 11.5 Å². The molecule has 0 saturated heterocycles. The molecule has 1 aliphatic rings. The molecule has 4 rings (SSSR count). The Kier molecular flexibility index (Phi) is 4.97. The van der Waals surface area contributed by atoms with Gasteiger partial charge in [0.25, 0.3) is 0 Å². The molecule has 0 radical (unpaired) electrons. The zero-order chi connectivity index (χ0) is 19.3. The number of ether oxygens (including phenoxy) is 2. The maximum Gasteiger partial charge on any atom is 0.363 e. The highest BCUT2D eigenvalue weighted by molar-refractivity contribution is 6.12. The van der Waals surface area contributed by atoms with E-state index in [1.165, 1.54) is 12.1 Å². The number of hydrogen-bond acceptors (Lipinski definition) is 4. The number of benzene rings is 3. The normalized spacial score (nSPS) is 14.7. The van der Waals surface area contributed by atoms with Gasteiger partial charge >= 0.3 is 5.97 Å². The Labute approximate surface area is 161 Å². The van der Waals surface area contributed by atoms with E-state index in [9.17, 15) is 9.18 Å². The molecule has 1 aliphatic heterocycles. The lowest BCUT2D eigenvalue weighted by molar-refractivity contribution is -0.129. The van der Waals surface area contributed by atoms with E-state index in [4.69, 9.17) is 9.47 Å². The summed E-state index contributed by atoms with van der Waals surface area (Å²) >= 11 is 0. The molecule has 0 saturated carbocycles. The summed E-state index contributed by atoms with van der Waals surface area (Å²) in [5.74, 6) is 0.227. The van der Waals surface area contributed by atoms with Crippen molar-refractivity contribution in [2.75, 3.05) is 0 Å². The standard InChI is InChI=1S/C23H16FNO3/c24-19-10-6-17(7-11-19)15-27-20-12-8-16(9-13-20)14-21-23(26)28-22(25-21)18-4-2-1-3-5-18/h1-14H,15H2. The summed E-state index contributed by atoms with van der Waals surface area (Å²) in [6.07, 6.45) is 1.67. The number of halogens is 1. The van der Waals surface area contributed by atoms with E-state index in [1.807, 2.05) is 42.5 Å². The molecule has 1 heterocycles. The van der Waals surface area contributed by atoms with Gasteiger partial charge in [0.15, 0.2) is 5.70 Å². The molecule has 0 N–H and O–H groups in total. The summed E-state index contributed by atoms with van der Waals surface area (Å²) < 4.78 is 23.9. The Bertz CT molecular complexity index is 1040. The number of cyclic esters (lactones) is 1. The van der Waals surface area contributed by atoms with Crippen molar-refractivity contribution in [1.82, 2.24) is 0 Å². The van der Waals surface area contributed by atoms with Crippen LogP contribution in [0.5, 0.6) is 5.75 Å². The minimum Gasteiger partial charge on any atom is -0.489 e. The van der Waals surface area contributed by atoms with Gasteiger partial charge in [-0.25, -0.2) is 14.2 Å². The van der Waals surface area contributed by atoms with Crippen LogP contribution in [0.3, 0.4) is 0 Å². The van der Waals surface area contributed by atoms with Crippen LogP contribution in [0.15, 0.2) is 89.6 Å². The first-order valence-electron chi connectivity index (χ1n) is 8.73. The fraction of sp³-hybridized carbons (Fsp3) is 0.0435. The molecule has 5 heteroatoms. The van der Waals surface area contributed by atoms with Crippen LogP contribution in [0.2, 0.25) is 0 Å². The van der Waals surface area contributed by atoms with Crippen molar-refractivity contribution in [2.24, 2.45) is 4.99 Å². The lowest BCUT2D eigenvalue weighted by atomic mass is 10.2. The maximum atomic E-state index is 12.9. The Balaban J connectivity index is 1.44. The van der Waals surface area contributed by atoms with Gasteiger partial charge in [-0.1, -0.05) is 42.5 Å². The summed E-state index contributed by atoms with van der Waals surface area (Å²) in [6, 6.07) is 22.7. The molecule has 0 aliphatic carbocycles. The molecule has 0 aromatic heterocycles. The number of nitrogens with zero attached hydrogens (tertiary/aromatic N) is 1. The van der Waals surface area contributed by atoms with Gasteiger partial charge in [-0.3, -0.25) is 0 Å². The molecule has 0 amide bonds. The molecule has 0 spiro atoms. The Morgan fingerprint density at radius 2 is 1.64 bits per heavy atom. The van der Waals surface area contributed by atoms with Crippen LogP contribution >= 0.6 is 0 Å². The Morgan fingerprint density at radius 3 is 2.36 bits per heavy atom. The quantitative estimate of drug-likeness (QED) is 0.479. The number of aliphatic imine (C=N–C) groups is 1. The zero-order valence-corrected chi connectivity index (χ0v) is 14.8. The highest BCUT2D eigenvalue weighted by atomic mass is 19.1. The van der Waals surface area contributed by atoms with Crippen molar-refractivity contribution < 1.29 is 18.7 Å². The molecule has 0 atom stereocenters. The van der Waals surface area contributed by atoms with E-state index in [1.54, 1.807) is 30.3 Å². The van der Waals surface area contributed by atoms with Crippen molar-refractivity contribution in [2.45, 2.75) is 6.61 Å².